The highest BCUT2D eigenvalue weighted by Gasteiger charge is 2.45. The molecule has 186 valence electrons. The molecule has 15 nitrogen and oxygen atoms in total. The largest absolute Gasteiger partial charge is 0.490 e. The molecule has 0 spiro atoms. The van der Waals surface area contributed by atoms with Crippen LogP contribution in [0.15, 0.2) is 17.1 Å². The Morgan fingerprint density at radius 1 is 1.27 bits per heavy atom. The molecule has 1 fully saturated rings. The molecule has 4 unspecified atom stereocenters. The van der Waals surface area contributed by atoms with Gasteiger partial charge in [-0.3, -0.25) is 9.09 Å². The number of ether oxygens (including phenoxy) is 1. The molecular formula is C15H24N3O12P3. The van der Waals surface area contributed by atoms with Gasteiger partial charge in [-0.15, -0.1) is 0 Å². The van der Waals surface area contributed by atoms with Crippen LogP contribution in [0.5, 0.6) is 0 Å². The molecule has 18 heteroatoms. The number of phosphoric acid groups is 3. The van der Waals surface area contributed by atoms with Crippen LogP contribution in [0.3, 0.4) is 0 Å². The molecule has 33 heavy (non-hydrogen) atoms. The molecule has 1 aliphatic rings. The number of rotatable bonds is 9. The van der Waals surface area contributed by atoms with Crippen molar-refractivity contribution in [2.45, 2.75) is 44.9 Å². The first-order valence-corrected chi connectivity index (χ1v) is 13.8. The van der Waals surface area contributed by atoms with Crippen LogP contribution >= 0.6 is 23.5 Å². The Kier molecular flexibility index (Phi) is 8.84. The lowest BCUT2D eigenvalue weighted by Crippen LogP contribution is -2.34. The second-order valence-electron chi connectivity index (χ2n) is 7.41. The minimum Gasteiger partial charge on any atom is -0.383 e. The maximum Gasteiger partial charge on any atom is 0.490 e. The van der Waals surface area contributed by atoms with Gasteiger partial charge in [0.1, 0.15) is 12.0 Å². The summed E-state index contributed by atoms with van der Waals surface area (Å²) in [6.45, 7) is 3.06. The summed E-state index contributed by atoms with van der Waals surface area (Å²) < 4.78 is 53.5. The van der Waals surface area contributed by atoms with Crippen LogP contribution in [0.1, 0.15) is 39.3 Å². The number of anilines is 1. The number of nitrogens with zero attached hydrogens (tertiary/aromatic N) is 2. The number of aromatic nitrogens is 2. The van der Waals surface area contributed by atoms with Gasteiger partial charge in [0.05, 0.1) is 6.61 Å². The lowest BCUT2D eigenvalue weighted by Gasteiger charge is -2.25. The molecule has 0 amide bonds. The number of nitrogen functional groups attached to an aromatic ring is 1. The van der Waals surface area contributed by atoms with E-state index >= 15 is 0 Å². The van der Waals surface area contributed by atoms with Gasteiger partial charge in [0, 0.05) is 12.6 Å². The maximum atomic E-state index is 12.1. The van der Waals surface area contributed by atoms with Crippen LogP contribution in [-0.2, 0) is 31.6 Å². The summed E-state index contributed by atoms with van der Waals surface area (Å²) in [5.74, 6) is 5.85. The molecule has 1 aromatic rings. The van der Waals surface area contributed by atoms with Crippen molar-refractivity contribution in [3.05, 3.63) is 22.7 Å². The summed E-state index contributed by atoms with van der Waals surface area (Å²) >= 11 is 0. The number of hydrogen-bond donors (Lipinski definition) is 5. The smallest absolute Gasteiger partial charge is 0.383 e. The van der Waals surface area contributed by atoms with E-state index < -0.39 is 47.6 Å². The summed E-state index contributed by atoms with van der Waals surface area (Å²) in [4.78, 5) is 51.9. The van der Waals surface area contributed by atoms with Crippen molar-refractivity contribution in [2.24, 2.45) is 5.92 Å². The first-order valence-electron chi connectivity index (χ1n) is 9.32. The van der Waals surface area contributed by atoms with Gasteiger partial charge in [0.2, 0.25) is 0 Å². The van der Waals surface area contributed by atoms with Crippen molar-refractivity contribution in [1.29, 1.82) is 0 Å². The molecular weight excluding hydrogens is 507 g/mol. The Hall–Kier alpha value is -1.39. The molecule has 6 N–H and O–H groups in total. The van der Waals surface area contributed by atoms with E-state index in [1.54, 1.807) is 0 Å². The van der Waals surface area contributed by atoms with Crippen molar-refractivity contribution in [3.8, 4) is 11.8 Å². The van der Waals surface area contributed by atoms with E-state index in [-0.39, 0.29) is 24.6 Å². The van der Waals surface area contributed by atoms with E-state index in [1.807, 2.05) is 13.8 Å². The fourth-order valence-electron chi connectivity index (χ4n) is 2.72. The fraction of sp³-hybridized carbons (Fsp3) is 0.600. The topological polar surface area (TPSA) is 230 Å². The monoisotopic (exact) mass is 531 g/mol. The third-order valence-corrected chi connectivity index (χ3v) is 7.80. The average molecular weight is 531 g/mol. The molecule has 0 radical (unpaired) electrons. The highest BCUT2D eigenvalue weighted by molar-refractivity contribution is 7.66. The van der Waals surface area contributed by atoms with E-state index in [9.17, 15) is 28.3 Å². The average Bonchev–Trinajstić information content (AvgIpc) is 3.01. The van der Waals surface area contributed by atoms with Crippen LogP contribution in [0.25, 0.3) is 0 Å². The maximum absolute atomic E-state index is 12.1. The number of hydrogen-bond acceptors (Lipinski definition) is 10. The molecule has 2 rings (SSSR count). The molecule has 0 saturated carbocycles. The zero-order valence-corrected chi connectivity index (χ0v) is 20.2. The molecule has 1 aliphatic heterocycles. The molecule has 4 atom stereocenters. The first kappa shape index (κ1) is 27.9. The molecule has 1 saturated heterocycles. The van der Waals surface area contributed by atoms with Crippen molar-refractivity contribution in [2.75, 3.05) is 12.3 Å². The van der Waals surface area contributed by atoms with Gasteiger partial charge in [0.15, 0.2) is 5.60 Å². The van der Waals surface area contributed by atoms with E-state index in [0.717, 1.165) is 4.57 Å². The predicted octanol–water partition coefficient (Wildman–Crippen LogP) is 1.27. The Labute approximate surface area is 188 Å². The van der Waals surface area contributed by atoms with Gasteiger partial charge in [-0.2, -0.15) is 13.6 Å². The van der Waals surface area contributed by atoms with Crippen molar-refractivity contribution in [3.63, 3.8) is 0 Å². The predicted molar refractivity (Wildman–Crippen MR) is 112 cm³/mol. The lowest BCUT2D eigenvalue weighted by molar-refractivity contribution is -0.0638. The highest BCUT2D eigenvalue weighted by atomic mass is 31.3. The lowest BCUT2D eigenvalue weighted by atomic mass is 10.0. The minimum absolute atomic E-state index is 0.00453. The third kappa shape index (κ3) is 9.05. The summed E-state index contributed by atoms with van der Waals surface area (Å²) in [6, 6.07) is 1.38. The van der Waals surface area contributed by atoms with Crippen LogP contribution in [0.2, 0.25) is 0 Å². The molecule has 0 aliphatic carbocycles. The van der Waals surface area contributed by atoms with Gasteiger partial charge < -0.3 is 30.0 Å². The van der Waals surface area contributed by atoms with Gasteiger partial charge in [-0.25, -0.2) is 18.5 Å². The number of phosphoric ester groups is 1. The third-order valence-electron chi connectivity index (χ3n) is 4.02. The van der Waals surface area contributed by atoms with E-state index in [4.69, 9.17) is 24.8 Å². The number of nitrogens with two attached hydrogens (primary N) is 1. The quantitative estimate of drug-likeness (QED) is 0.223. The minimum atomic E-state index is -5.67. The Morgan fingerprint density at radius 3 is 2.52 bits per heavy atom. The van der Waals surface area contributed by atoms with E-state index in [0.29, 0.717) is 6.42 Å². The zero-order valence-electron chi connectivity index (χ0n) is 17.5. The van der Waals surface area contributed by atoms with Crippen molar-refractivity contribution >= 4 is 29.3 Å². The van der Waals surface area contributed by atoms with Crippen LogP contribution < -0.4 is 11.4 Å². The van der Waals surface area contributed by atoms with Crippen molar-refractivity contribution < 1.29 is 51.2 Å². The Balaban J connectivity index is 2.21. The summed E-state index contributed by atoms with van der Waals surface area (Å²) in [7, 11) is -16.6. The van der Waals surface area contributed by atoms with Gasteiger partial charge >= 0.3 is 29.2 Å². The second kappa shape index (κ2) is 10.5. The summed E-state index contributed by atoms with van der Waals surface area (Å²) in [6.07, 6.45) is 1.27. The Bertz CT molecular complexity index is 1120. The second-order valence-corrected chi connectivity index (χ2v) is 11.8. The van der Waals surface area contributed by atoms with E-state index in [1.165, 1.54) is 12.3 Å². The van der Waals surface area contributed by atoms with Crippen LogP contribution in [-0.4, -0.2) is 41.3 Å². The van der Waals surface area contributed by atoms with Gasteiger partial charge in [0.25, 0.3) is 0 Å². The summed E-state index contributed by atoms with van der Waals surface area (Å²) in [5, 5.41) is 0. The first-order chi connectivity index (χ1) is 15.0. The fourth-order valence-corrected chi connectivity index (χ4v) is 5.78. The normalized spacial score (nSPS) is 24.6. The molecule has 1 aromatic heterocycles. The van der Waals surface area contributed by atoms with Crippen LogP contribution in [0.4, 0.5) is 5.82 Å². The molecule has 2 heterocycles. The SMILES string of the molecule is CC(C)CC#CC1(COP(=O)(O)OP(=O)(O)OP(=O)(O)O)CCC(n2ccc(N)nc2=O)O1. The molecule has 0 bridgehead atoms. The van der Waals surface area contributed by atoms with Crippen molar-refractivity contribution in [1.82, 2.24) is 9.55 Å². The summed E-state index contributed by atoms with van der Waals surface area (Å²) in [5.41, 5.74) is 3.26. The Morgan fingerprint density at radius 2 is 1.94 bits per heavy atom. The standard InChI is InChI=1S/C15H24N3O12P3/c1-11(2)4-3-7-15(8-5-13(28-15)18-9-6-12(16)17-14(18)19)10-27-32(23,24)30-33(25,26)29-31(20,21)22/h6,9,11,13H,4-5,8,10H2,1-2H3,(H,23,24)(H,25,26)(H2,16,17,19)(H2,20,21,22). The zero-order chi connectivity index (χ0) is 25.1. The van der Waals surface area contributed by atoms with E-state index in [2.05, 4.69) is 25.4 Å². The van der Waals surface area contributed by atoms with Gasteiger partial charge in [-0.1, -0.05) is 25.7 Å². The van der Waals surface area contributed by atoms with Gasteiger partial charge in [-0.05, 0) is 24.8 Å². The highest BCUT2D eigenvalue weighted by Crippen LogP contribution is 2.66. The molecule has 0 aromatic carbocycles. The van der Waals surface area contributed by atoms with Crippen LogP contribution in [0, 0.1) is 17.8 Å².